The van der Waals surface area contributed by atoms with Crippen molar-refractivity contribution < 1.29 is 13.9 Å². The highest BCUT2D eigenvalue weighted by molar-refractivity contribution is 7.98. The van der Waals surface area contributed by atoms with Gasteiger partial charge >= 0.3 is 5.97 Å². The first-order valence-corrected chi connectivity index (χ1v) is 13.1. The topological polar surface area (TPSA) is 73.8 Å². The van der Waals surface area contributed by atoms with Crippen LogP contribution < -0.4 is 14.9 Å². The molecule has 0 N–H and O–H groups in total. The van der Waals surface area contributed by atoms with Crippen molar-refractivity contribution in [1.29, 1.82) is 0 Å². The summed E-state index contributed by atoms with van der Waals surface area (Å²) < 4.78 is 13.0. The zero-order valence-electron chi connectivity index (χ0n) is 19.1. The highest BCUT2D eigenvalue weighted by Crippen LogP contribution is 2.35. The van der Waals surface area contributed by atoms with E-state index < -0.39 is 12.0 Å². The van der Waals surface area contributed by atoms with Crippen LogP contribution in [0.1, 0.15) is 29.9 Å². The molecule has 0 radical (unpaired) electrons. The Kier molecular flexibility index (Phi) is 6.57. The molecule has 0 unspecified atom stereocenters. The van der Waals surface area contributed by atoms with E-state index in [9.17, 15) is 9.59 Å². The van der Waals surface area contributed by atoms with Crippen LogP contribution in [-0.2, 0) is 9.53 Å². The monoisotopic (exact) mass is 502 g/mol. The number of ether oxygens (including phenoxy) is 1. The van der Waals surface area contributed by atoms with Crippen LogP contribution in [0.25, 0.3) is 11.8 Å². The zero-order valence-corrected chi connectivity index (χ0v) is 20.8. The molecule has 2 aromatic heterocycles. The molecule has 6 nitrogen and oxygen atoms in total. The maximum absolute atomic E-state index is 13.7. The van der Waals surface area contributed by atoms with Crippen LogP contribution in [0.5, 0.6) is 0 Å². The summed E-state index contributed by atoms with van der Waals surface area (Å²) in [5.74, 6) is 0.0818. The van der Waals surface area contributed by atoms with Crippen molar-refractivity contribution in [1.82, 2.24) is 4.57 Å². The molecule has 1 aliphatic rings. The van der Waals surface area contributed by atoms with E-state index in [0.717, 1.165) is 16.0 Å². The van der Waals surface area contributed by atoms with Crippen molar-refractivity contribution >= 4 is 40.8 Å². The summed E-state index contributed by atoms with van der Waals surface area (Å²) in [4.78, 5) is 33.5. The van der Waals surface area contributed by atoms with E-state index in [2.05, 4.69) is 0 Å². The van der Waals surface area contributed by atoms with Gasteiger partial charge in [-0.25, -0.2) is 9.79 Å². The molecular weight excluding hydrogens is 480 g/mol. The Hall–Kier alpha value is -3.62. The summed E-state index contributed by atoms with van der Waals surface area (Å²) in [6, 6.07) is 20.3. The van der Waals surface area contributed by atoms with Crippen molar-refractivity contribution in [3.05, 3.63) is 115 Å². The van der Waals surface area contributed by atoms with Crippen molar-refractivity contribution in [3.63, 3.8) is 0 Å². The van der Waals surface area contributed by atoms with E-state index in [1.807, 2.05) is 60.9 Å². The average Bonchev–Trinajstić information content (AvgIpc) is 3.51. The highest BCUT2D eigenvalue weighted by atomic mass is 32.2. The molecule has 35 heavy (non-hydrogen) atoms. The molecule has 3 heterocycles. The first kappa shape index (κ1) is 23.1. The van der Waals surface area contributed by atoms with Crippen LogP contribution in [0.3, 0.4) is 0 Å². The third kappa shape index (κ3) is 4.42. The number of furan rings is 1. The van der Waals surface area contributed by atoms with Crippen molar-refractivity contribution in [2.45, 2.75) is 17.9 Å². The lowest BCUT2D eigenvalue weighted by atomic mass is 9.93. The highest BCUT2D eigenvalue weighted by Gasteiger charge is 2.35. The second-order valence-corrected chi connectivity index (χ2v) is 9.61. The Balaban J connectivity index is 1.83. The van der Waals surface area contributed by atoms with Crippen LogP contribution in [0.15, 0.2) is 97.7 Å². The third-order valence-electron chi connectivity index (χ3n) is 5.62. The van der Waals surface area contributed by atoms with Crippen molar-refractivity contribution in [2.24, 2.45) is 4.99 Å². The summed E-state index contributed by atoms with van der Waals surface area (Å²) in [6.45, 7) is 1.98. The molecule has 8 heteroatoms. The Morgan fingerprint density at radius 2 is 1.91 bits per heavy atom. The van der Waals surface area contributed by atoms with E-state index in [-0.39, 0.29) is 12.2 Å². The van der Waals surface area contributed by atoms with Crippen LogP contribution in [0.4, 0.5) is 0 Å². The summed E-state index contributed by atoms with van der Waals surface area (Å²) in [7, 11) is 0. The van der Waals surface area contributed by atoms with Gasteiger partial charge in [0.2, 0.25) is 0 Å². The van der Waals surface area contributed by atoms with Crippen LogP contribution in [-0.4, -0.2) is 23.4 Å². The third-order valence-corrected chi connectivity index (χ3v) is 7.35. The fraction of sp³-hybridized carbons (Fsp3) is 0.148. The lowest BCUT2D eigenvalue weighted by molar-refractivity contribution is -0.138. The molecule has 0 fully saturated rings. The van der Waals surface area contributed by atoms with E-state index in [1.54, 1.807) is 47.7 Å². The predicted molar refractivity (Wildman–Crippen MR) is 138 cm³/mol. The van der Waals surface area contributed by atoms with Gasteiger partial charge in [-0.05, 0) is 43.0 Å². The molecule has 176 valence electrons. The summed E-state index contributed by atoms with van der Waals surface area (Å²) in [5, 5.41) is 0. The fourth-order valence-corrected chi connectivity index (χ4v) is 5.43. The molecule has 1 atom stereocenters. The van der Waals surface area contributed by atoms with Gasteiger partial charge in [0.1, 0.15) is 5.76 Å². The Bertz CT molecular complexity index is 1560. The number of nitrogens with zero attached hydrogens (tertiary/aromatic N) is 2. The molecule has 1 aliphatic heterocycles. The number of benzene rings is 2. The van der Waals surface area contributed by atoms with Gasteiger partial charge in [0.15, 0.2) is 4.80 Å². The van der Waals surface area contributed by atoms with Gasteiger partial charge in [-0.1, -0.05) is 53.8 Å². The summed E-state index contributed by atoms with van der Waals surface area (Å²) in [6.07, 6.45) is 5.27. The molecule has 0 bridgehead atoms. The molecule has 0 saturated carbocycles. The molecule has 0 saturated heterocycles. The molecule has 4 aromatic rings. The van der Waals surface area contributed by atoms with Gasteiger partial charge in [-0.15, -0.1) is 11.8 Å². The molecule has 0 aliphatic carbocycles. The Morgan fingerprint density at radius 1 is 1.14 bits per heavy atom. The minimum atomic E-state index is -0.685. The number of thiazole rings is 1. The van der Waals surface area contributed by atoms with E-state index in [0.29, 0.717) is 26.4 Å². The lowest BCUT2D eigenvalue weighted by Crippen LogP contribution is -2.40. The first-order valence-electron chi connectivity index (χ1n) is 11.1. The minimum absolute atomic E-state index is 0.214. The molecule has 0 spiro atoms. The molecule has 5 rings (SSSR count). The quantitative estimate of drug-likeness (QED) is 0.291. The van der Waals surface area contributed by atoms with E-state index in [4.69, 9.17) is 14.1 Å². The summed E-state index contributed by atoms with van der Waals surface area (Å²) in [5.41, 5.74) is 2.20. The van der Waals surface area contributed by atoms with E-state index in [1.165, 1.54) is 11.3 Å². The predicted octanol–water partition coefficient (Wildman–Crippen LogP) is 4.25. The van der Waals surface area contributed by atoms with Crippen LogP contribution >= 0.6 is 23.1 Å². The van der Waals surface area contributed by atoms with Crippen LogP contribution in [0, 0.1) is 0 Å². The van der Waals surface area contributed by atoms with Crippen LogP contribution in [0.2, 0.25) is 0 Å². The first-order chi connectivity index (χ1) is 17.1. The normalized spacial score (nSPS) is 15.6. The lowest BCUT2D eigenvalue weighted by Gasteiger charge is -2.26. The smallest absolute Gasteiger partial charge is 0.338 e. The number of aromatic nitrogens is 1. The maximum Gasteiger partial charge on any atom is 0.338 e. The Morgan fingerprint density at radius 3 is 2.57 bits per heavy atom. The molecule has 0 amide bonds. The van der Waals surface area contributed by atoms with Crippen molar-refractivity contribution in [3.8, 4) is 0 Å². The maximum atomic E-state index is 13.7. The number of carbonyl (C=O) groups is 1. The number of carbonyl (C=O) groups excluding carboxylic acids is 1. The van der Waals surface area contributed by atoms with Gasteiger partial charge in [0.05, 0.1) is 34.7 Å². The van der Waals surface area contributed by atoms with Gasteiger partial charge in [-0.3, -0.25) is 9.36 Å². The van der Waals surface area contributed by atoms with Gasteiger partial charge in [-0.2, -0.15) is 0 Å². The number of rotatable bonds is 6. The van der Waals surface area contributed by atoms with E-state index >= 15 is 0 Å². The minimum Gasteiger partial charge on any atom is -0.465 e. The zero-order chi connectivity index (χ0) is 24.4. The number of hydrogen-bond acceptors (Lipinski definition) is 7. The second kappa shape index (κ2) is 9.93. The van der Waals surface area contributed by atoms with Crippen molar-refractivity contribution in [2.75, 3.05) is 12.9 Å². The molecule has 2 aromatic carbocycles. The average molecular weight is 503 g/mol. The van der Waals surface area contributed by atoms with Gasteiger partial charge in [0.25, 0.3) is 5.56 Å². The number of thioether (sulfide) groups is 1. The number of esters is 1. The second-order valence-electron chi connectivity index (χ2n) is 7.72. The van der Waals surface area contributed by atoms with Gasteiger partial charge in [0, 0.05) is 16.5 Å². The standard InChI is InChI=1S/C27H22N2O4S2/c1-3-32-26(31)22-23(17-8-5-4-6-9-17)28-27-29(24(22)18-11-13-20(34-2)14-12-18)25(30)21(35-27)16-19-10-7-15-33-19/h4-16,24H,3H2,1-2H3/b21-16-/t24-/m0/s1. The number of fused-ring (bicyclic) bond motifs is 1. The largest absolute Gasteiger partial charge is 0.465 e. The summed E-state index contributed by atoms with van der Waals surface area (Å²) >= 11 is 2.90. The number of hydrogen-bond donors (Lipinski definition) is 0. The molecular formula is C27H22N2O4S2. The fourth-order valence-electron chi connectivity index (χ4n) is 4.04. The SMILES string of the molecule is CCOC(=O)C1=C(c2ccccc2)N=c2s/c(=C\c3ccco3)c(=O)n2[C@H]1c1ccc(SC)cc1. The Labute approximate surface area is 209 Å². The van der Waals surface area contributed by atoms with Gasteiger partial charge < -0.3 is 9.15 Å².